The highest BCUT2D eigenvalue weighted by Gasteiger charge is 2.28. The van der Waals surface area contributed by atoms with Gasteiger partial charge in [0.25, 0.3) is 0 Å². The first-order valence-corrected chi connectivity index (χ1v) is 8.86. The van der Waals surface area contributed by atoms with Crippen LogP contribution in [0, 0.1) is 13.8 Å². The molecule has 110 valence electrons. The van der Waals surface area contributed by atoms with Crippen molar-refractivity contribution in [2.45, 2.75) is 18.7 Å². The molecule has 1 aliphatic rings. The van der Waals surface area contributed by atoms with Crippen molar-refractivity contribution >= 4 is 27.8 Å². The molecule has 0 aromatic heterocycles. The van der Waals surface area contributed by atoms with E-state index in [-0.39, 0.29) is 10.5 Å². The maximum absolute atomic E-state index is 12.7. The fourth-order valence-corrected chi connectivity index (χ4v) is 5.04. The maximum atomic E-state index is 12.7. The summed E-state index contributed by atoms with van der Waals surface area (Å²) in [6.45, 7) is 4.39. The van der Waals surface area contributed by atoms with E-state index in [1.54, 1.807) is 25.6 Å². The molecule has 0 saturated carbocycles. The summed E-state index contributed by atoms with van der Waals surface area (Å²) in [7, 11) is -3.61. The number of rotatable bonds is 3. The van der Waals surface area contributed by atoms with Gasteiger partial charge in [-0.3, -0.25) is 0 Å². The van der Waals surface area contributed by atoms with Crippen LogP contribution in [0.3, 0.4) is 0 Å². The highest BCUT2D eigenvalue weighted by Crippen LogP contribution is 2.26. The summed E-state index contributed by atoms with van der Waals surface area (Å²) in [5, 5.41) is 9.09. The minimum absolute atomic E-state index is 0.0121. The van der Waals surface area contributed by atoms with Gasteiger partial charge >= 0.3 is 5.97 Å². The highest BCUT2D eigenvalue weighted by atomic mass is 32.2. The molecule has 2 rings (SSSR count). The first kappa shape index (κ1) is 15.3. The number of carboxylic acids is 1. The minimum atomic E-state index is -3.61. The van der Waals surface area contributed by atoms with Crippen molar-refractivity contribution in [1.29, 1.82) is 0 Å². The smallest absolute Gasteiger partial charge is 0.335 e. The molecular formula is C13H17NO4S2. The number of aryl methyl sites for hydroxylation is 1. The molecule has 1 saturated heterocycles. The van der Waals surface area contributed by atoms with Crippen molar-refractivity contribution in [2.24, 2.45) is 0 Å². The van der Waals surface area contributed by atoms with E-state index in [2.05, 4.69) is 0 Å². The molecule has 1 aromatic carbocycles. The Hall–Kier alpha value is -1.05. The number of nitrogens with zero attached hydrogens (tertiary/aromatic N) is 1. The third kappa shape index (κ3) is 2.84. The van der Waals surface area contributed by atoms with E-state index in [0.29, 0.717) is 24.2 Å². The molecule has 5 nitrogen and oxygen atoms in total. The number of carboxylic acid groups (broad SMARTS) is 1. The fraction of sp³-hybridized carbons (Fsp3) is 0.462. The second-order valence-corrected chi connectivity index (χ2v) is 7.87. The van der Waals surface area contributed by atoms with Gasteiger partial charge in [-0.1, -0.05) is 0 Å². The van der Waals surface area contributed by atoms with Gasteiger partial charge in [-0.25, -0.2) is 13.2 Å². The average Bonchev–Trinajstić information content (AvgIpc) is 2.42. The molecule has 1 aromatic rings. The van der Waals surface area contributed by atoms with Crippen LogP contribution in [0.5, 0.6) is 0 Å². The summed E-state index contributed by atoms with van der Waals surface area (Å²) in [6, 6.07) is 2.77. The summed E-state index contributed by atoms with van der Waals surface area (Å²) >= 11 is 1.73. The second-order valence-electron chi connectivity index (χ2n) is 4.74. The van der Waals surface area contributed by atoms with Crippen molar-refractivity contribution < 1.29 is 18.3 Å². The molecule has 0 radical (unpaired) electrons. The zero-order valence-electron chi connectivity index (χ0n) is 11.4. The first-order valence-electron chi connectivity index (χ1n) is 6.26. The predicted molar refractivity (Wildman–Crippen MR) is 79.0 cm³/mol. The van der Waals surface area contributed by atoms with Crippen LogP contribution < -0.4 is 0 Å². The summed E-state index contributed by atoms with van der Waals surface area (Å²) in [4.78, 5) is 11.2. The van der Waals surface area contributed by atoms with Crippen molar-refractivity contribution in [3.8, 4) is 0 Å². The largest absolute Gasteiger partial charge is 0.478 e. The molecule has 1 aliphatic heterocycles. The molecule has 0 atom stereocenters. The molecule has 1 N–H and O–H groups in total. The highest BCUT2D eigenvalue weighted by molar-refractivity contribution is 7.99. The number of aromatic carboxylic acids is 1. The zero-order valence-corrected chi connectivity index (χ0v) is 13.1. The van der Waals surface area contributed by atoms with Crippen molar-refractivity contribution in [2.75, 3.05) is 24.6 Å². The van der Waals surface area contributed by atoms with Gasteiger partial charge in [0.1, 0.15) is 0 Å². The Balaban J connectivity index is 2.52. The van der Waals surface area contributed by atoms with E-state index < -0.39 is 16.0 Å². The van der Waals surface area contributed by atoms with Crippen LogP contribution in [0.1, 0.15) is 21.5 Å². The molecule has 0 aliphatic carbocycles. The summed E-state index contributed by atoms with van der Waals surface area (Å²) in [6.07, 6.45) is 0. The molecular weight excluding hydrogens is 298 g/mol. The SMILES string of the molecule is Cc1cc(C(=O)O)cc(S(=O)(=O)N2CCSCC2)c1C. The Kier molecular flexibility index (Phi) is 4.41. The van der Waals surface area contributed by atoms with Crippen LogP contribution in [0.15, 0.2) is 17.0 Å². The van der Waals surface area contributed by atoms with Gasteiger partial charge in [0.05, 0.1) is 10.5 Å². The van der Waals surface area contributed by atoms with Gasteiger partial charge in [0.2, 0.25) is 10.0 Å². The molecule has 0 bridgehead atoms. The number of benzene rings is 1. The van der Waals surface area contributed by atoms with Gasteiger partial charge in [-0.15, -0.1) is 0 Å². The van der Waals surface area contributed by atoms with Gasteiger partial charge < -0.3 is 5.11 Å². The third-order valence-electron chi connectivity index (χ3n) is 3.45. The topological polar surface area (TPSA) is 74.7 Å². The first-order chi connectivity index (χ1) is 9.34. The Bertz CT molecular complexity index is 634. The van der Waals surface area contributed by atoms with Crippen LogP contribution >= 0.6 is 11.8 Å². The van der Waals surface area contributed by atoms with Crippen LogP contribution in [0.4, 0.5) is 0 Å². The predicted octanol–water partition coefficient (Wildman–Crippen LogP) is 1.74. The Labute approximate surface area is 123 Å². The average molecular weight is 315 g/mol. The normalized spacial score (nSPS) is 17.1. The Morgan fingerprint density at radius 2 is 1.85 bits per heavy atom. The number of hydrogen-bond donors (Lipinski definition) is 1. The van der Waals surface area contributed by atoms with Gasteiger partial charge in [0.15, 0.2) is 0 Å². The Morgan fingerprint density at radius 3 is 2.40 bits per heavy atom. The third-order valence-corrected chi connectivity index (χ3v) is 6.42. The van der Waals surface area contributed by atoms with E-state index in [1.807, 2.05) is 0 Å². The fourth-order valence-electron chi connectivity index (χ4n) is 2.14. The Morgan fingerprint density at radius 1 is 1.25 bits per heavy atom. The molecule has 7 heteroatoms. The van der Waals surface area contributed by atoms with E-state index >= 15 is 0 Å². The molecule has 20 heavy (non-hydrogen) atoms. The van der Waals surface area contributed by atoms with E-state index in [9.17, 15) is 13.2 Å². The molecule has 0 spiro atoms. The summed E-state index contributed by atoms with van der Waals surface area (Å²) in [5.74, 6) is 0.435. The number of hydrogen-bond acceptors (Lipinski definition) is 4. The van der Waals surface area contributed by atoms with Crippen molar-refractivity contribution in [3.05, 3.63) is 28.8 Å². The van der Waals surface area contributed by atoms with E-state index in [0.717, 1.165) is 11.5 Å². The lowest BCUT2D eigenvalue weighted by molar-refractivity contribution is 0.0696. The van der Waals surface area contributed by atoms with Crippen LogP contribution in [0.2, 0.25) is 0 Å². The lowest BCUT2D eigenvalue weighted by Crippen LogP contribution is -2.38. The van der Waals surface area contributed by atoms with Crippen LogP contribution in [-0.2, 0) is 10.0 Å². The van der Waals surface area contributed by atoms with Gasteiger partial charge in [-0.05, 0) is 37.1 Å². The number of carbonyl (C=O) groups is 1. The van der Waals surface area contributed by atoms with Gasteiger partial charge in [-0.2, -0.15) is 16.1 Å². The number of thioether (sulfide) groups is 1. The maximum Gasteiger partial charge on any atom is 0.335 e. The molecule has 0 amide bonds. The van der Waals surface area contributed by atoms with Gasteiger partial charge in [0, 0.05) is 24.6 Å². The number of sulfonamides is 1. The zero-order chi connectivity index (χ0) is 14.9. The van der Waals surface area contributed by atoms with E-state index in [1.165, 1.54) is 16.4 Å². The lowest BCUT2D eigenvalue weighted by Gasteiger charge is -2.26. The molecule has 0 unspecified atom stereocenters. The summed E-state index contributed by atoms with van der Waals surface area (Å²) in [5.41, 5.74) is 1.31. The quantitative estimate of drug-likeness (QED) is 0.919. The van der Waals surface area contributed by atoms with Crippen LogP contribution in [-0.4, -0.2) is 48.4 Å². The van der Waals surface area contributed by atoms with E-state index in [4.69, 9.17) is 5.11 Å². The van der Waals surface area contributed by atoms with Crippen molar-refractivity contribution in [1.82, 2.24) is 4.31 Å². The second kappa shape index (κ2) is 5.75. The lowest BCUT2D eigenvalue weighted by atomic mass is 10.1. The van der Waals surface area contributed by atoms with Crippen LogP contribution in [0.25, 0.3) is 0 Å². The standard InChI is InChI=1S/C13H17NO4S2/c1-9-7-11(13(15)16)8-12(10(9)2)20(17,18)14-3-5-19-6-4-14/h7-8H,3-6H2,1-2H3,(H,15,16). The molecule has 1 fully saturated rings. The van der Waals surface area contributed by atoms with Crippen molar-refractivity contribution in [3.63, 3.8) is 0 Å². The molecule has 1 heterocycles. The minimum Gasteiger partial charge on any atom is -0.478 e. The summed E-state index contributed by atoms with van der Waals surface area (Å²) < 4.78 is 26.8. The monoisotopic (exact) mass is 315 g/mol.